The molecule has 0 saturated carbocycles. The summed E-state index contributed by atoms with van der Waals surface area (Å²) in [4.78, 5) is 53.4. The third-order valence-corrected chi connectivity index (χ3v) is 4.70. The van der Waals surface area contributed by atoms with Crippen molar-refractivity contribution in [2.75, 3.05) is 23.9 Å². The molecule has 9 nitrogen and oxygen atoms in total. The molecule has 1 aromatic heterocycles. The van der Waals surface area contributed by atoms with E-state index in [0.29, 0.717) is 22.6 Å². The maximum absolute atomic E-state index is 12.9. The summed E-state index contributed by atoms with van der Waals surface area (Å²) in [5.74, 6) is -2.23. The average Bonchev–Trinajstić information content (AvgIpc) is 3.00. The van der Waals surface area contributed by atoms with E-state index in [-0.39, 0.29) is 23.7 Å². The average molecular weight is 399 g/mol. The number of aromatic amines is 1. The Labute approximate surface area is 167 Å². The molecule has 0 spiro atoms. The topological polar surface area (TPSA) is 118 Å². The largest absolute Gasteiger partial charge is 0.465 e. The van der Waals surface area contributed by atoms with E-state index in [1.165, 1.54) is 18.9 Å². The van der Waals surface area contributed by atoms with E-state index in [1.807, 2.05) is 0 Å². The second kappa shape index (κ2) is 7.78. The number of nitrogens with one attached hydrogen (secondary N) is 2. The fourth-order valence-corrected chi connectivity index (χ4v) is 3.28. The molecule has 1 aliphatic rings. The standard InChI is InChI=1S/C20H21N3O6/c1-10-16(19(26)28-4)11(2)21-17(10)20(27)29-12(3)18(25)23-9-15(24)22-13-7-5-6-8-14(13)23/h5-8,12,21H,9H2,1-4H3,(H,22,24)/t12-/m1/s1. The van der Waals surface area contributed by atoms with E-state index in [4.69, 9.17) is 9.47 Å². The Kier molecular flexibility index (Phi) is 5.40. The molecular weight excluding hydrogens is 378 g/mol. The number of hydrogen-bond acceptors (Lipinski definition) is 6. The minimum Gasteiger partial charge on any atom is -0.465 e. The Bertz CT molecular complexity index is 1010. The van der Waals surface area contributed by atoms with Gasteiger partial charge in [0.2, 0.25) is 5.91 Å². The van der Waals surface area contributed by atoms with Crippen LogP contribution >= 0.6 is 0 Å². The number of aromatic nitrogens is 1. The van der Waals surface area contributed by atoms with E-state index in [0.717, 1.165) is 0 Å². The number of para-hydroxylation sites is 2. The van der Waals surface area contributed by atoms with Gasteiger partial charge >= 0.3 is 11.9 Å². The number of carbonyl (C=O) groups excluding carboxylic acids is 4. The van der Waals surface area contributed by atoms with Crippen LogP contribution < -0.4 is 10.2 Å². The highest BCUT2D eigenvalue weighted by Crippen LogP contribution is 2.29. The molecular formula is C20H21N3O6. The molecule has 2 aromatic rings. The monoisotopic (exact) mass is 399 g/mol. The zero-order valence-corrected chi connectivity index (χ0v) is 16.5. The van der Waals surface area contributed by atoms with Crippen LogP contribution in [0, 0.1) is 13.8 Å². The Hall–Kier alpha value is -3.62. The van der Waals surface area contributed by atoms with E-state index in [9.17, 15) is 19.2 Å². The third kappa shape index (κ3) is 3.71. The molecule has 29 heavy (non-hydrogen) atoms. The van der Waals surface area contributed by atoms with Gasteiger partial charge in [-0.1, -0.05) is 12.1 Å². The number of esters is 2. The summed E-state index contributed by atoms with van der Waals surface area (Å²) in [6.07, 6.45) is -1.15. The Balaban J connectivity index is 1.80. The van der Waals surface area contributed by atoms with Crippen LogP contribution in [0.4, 0.5) is 11.4 Å². The molecule has 0 radical (unpaired) electrons. The fourth-order valence-electron chi connectivity index (χ4n) is 3.28. The molecule has 1 aromatic carbocycles. The molecule has 0 aliphatic carbocycles. The lowest BCUT2D eigenvalue weighted by atomic mass is 10.1. The molecule has 0 unspecified atom stereocenters. The normalized spacial score (nSPS) is 13.9. The van der Waals surface area contributed by atoms with E-state index < -0.39 is 23.9 Å². The first-order valence-corrected chi connectivity index (χ1v) is 8.93. The van der Waals surface area contributed by atoms with Crippen molar-refractivity contribution in [1.82, 2.24) is 4.98 Å². The maximum atomic E-state index is 12.9. The number of anilines is 2. The second-order valence-corrected chi connectivity index (χ2v) is 6.65. The highest BCUT2D eigenvalue weighted by Gasteiger charge is 2.32. The van der Waals surface area contributed by atoms with Gasteiger partial charge < -0.3 is 19.8 Å². The highest BCUT2D eigenvalue weighted by atomic mass is 16.5. The summed E-state index contributed by atoms with van der Waals surface area (Å²) in [6, 6.07) is 6.86. The Morgan fingerprint density at radius 1 is 1.14 bits per heavy atom. The van der Waals surface area contributed by atoms with Crippen molar-refractivity contribution < 1.29 is 28.7 Å². The van der Waals surface area contributed by atoms with Crippen LogP contribution in [0.5, 0.6) is 0 Å². The molecule has 2 amide bonds. The number of fused-ring (bicyclic) bond motifs is 1. The Morgan fingerprint density at radius 3 is 2.52 bits per heavy atom. The van der Waals surface area contributed by atoms with Gasteiger partial charge in [0.15, 0.2) is 6.10 Å². The quantitative estimate of drug-likeness (QED) is 0.759. The van der Waals surface area contributed by atoms with Crippen LogP contribution in [-0.4, -0.2) is 48.5 Å². The summed E-state index contributed by atoms with van der Waals surface area (Å²) < 4.78 is 10.0. The van der Waals surface area contributed by atoms with Gasteiger partial charge in [-0.05, 0) is 38.5 Å². The number of methoxy groups -OCH3 is 1. The zero-order chi connectivity index (χ0) is 21.3. The maximum Gasteiger partial charge on any atom is 0.355 e. The van der Waals surface area contributed by atoms with E-state index >= 15 is 0 Å². The number of benzene rings is 1. The number of H-pyrrole nitrogens is 1. The van der Waals surface area contributed by atoms with Gasteiger partial charge in [-0.15, -0.1) is 0 Å². The van der Waals surface area contributed by atoms with Gasteiger partial charge in [-0.3, -0.25) is 14.5 Å². The number of nitrogens with zero attached hydrogens (tertiary/aromatic N) is 1. The lowest BCUT2D eigenvalue weighted by molar-refractivity contribution is -0.128. The molecule has 0 bridgehead atoms. The van der Waals surface area contributed by atoms with Gasteiger partial charge in [-0.2, -0.15) is 0 Å². The third-order valence-electron chi connectivity index (χ3n) is 4.70. The molecule has 1 aliphatic heterocycles. The summed E-state index contributed by atoms with van der Waals surface area (Å²) >= 11 is 0. The fraction of sp³-hybridized carbons (Fsp3) is 0.300. The number of carbonyl (C=O) groups is 4. The van der Waals surface area contributed by atoms with Crippen molar-refractivity contribution in [3.8, 4) is 0 Å². The number of ether oxygens (including phenoxy) is 2. The smallest absolute Gasteiger partial charge is 0.355 e. The SMILES string of the molecule is COC(=O)c1c(C)[nH]c(C(=O)O[C@H](C)C(=O)N2CC(=O)Nc3ccccc32)c1C. The lowest BCUT2D eigenvalue weighted by Gasteiger charge is -2.30. The van der Waals surface area contributed by atoms with Crippen LogP contribution in [0.1, 0.15) is 39.0 Å². The van der Waals surface area contributed by atoms with Crippen molar-refractivity contribution in [1.29, 1.82) is 0 Å². The van der Waals surface area contributed by atoms with Crippen molar-refractivity contribution in [2.24, 2.45) is 0 Å². The molecule has 2 heterocycles. The van der Waals surface area contributed by atoms with Gasteiger partial charge in [-0.25, -0.2) is 9.59 Å². The van der Waals surface area contributed by atoms with Crippen LogP contribution in [0.2, 0.25) is 0 Å². The second-order valence-electron chi connectivity index (χ2n) is 6.65. The molecule has 2 N–H and O–H groups in total. The minimum absolute atomic E-state index is 0.0688. The number of aryl methyl sites for hydroxylation is 1. The molecule has 1 atom stereocenters. The summed E-state index contributed by atoms with van der Waals surface area (Å²) in [5.41, 5.74) is 2.19. The first kappa shape index (κ1) is 20.1. The van der Waals surface area contributed by atoms with Crippen LogP contribution in [0.3, 0.4) is 0 Å². The lowest BCUT2D eigenvalue weighted by Crippen LogP contribution is -2.47. The molecule has 3 rings (SSSR count). The first-order valence-electron chi connectivity index (χ1n) is 8.93. The van der Waals surface area contributed by atoms with E-state index in [1.54, 1.807) is 38.1 Å². The summed E-state index contributed by atoms with van der Waals surface area (Å²) in [7, 11) is 1.25. The van der Waals surface area contributed by atoms with Crippen molar-refractivity contribution in [3.05, 3.63) is 46.8 Å². The zero-order valence-electron chi connectivity index (χ0n) is 16.5. The van der Waals surface area contributed by atoms with Crippen molar-refractivity contribution in [3.63, 3.8) is 0 Å². The van der Waals surface area contributed by atoms with Crippen LogP contribution in [0.25, 0.3) is 0 Å². The summed E-state index contributed by atoms with van der Waals surface area (Å²) in [6.45, 7) is 4.48. The number of hydrogen-bond donors (Lipinski definition) is 2. The predicted octanol–water partition coefficient (Wildman–Crippen LogP) is 1.95. The number of amides is 2. The summed E-state index contributed by atoms with van der Waals surface area (Å²) in [5, 5.41) is 2.69. The number of rotatable bonds is 4. The molecule has 9 heteroatoms. The van der Waals surface area contributed by atoms with Crippen molar-refractivity contribution >= 4 is 35.1 Å². The van der Waals surface area contributed by atoms with Crippen LogP contribution in [0.15, 0.2) is 24.3 Å². The van der Waals surface area contributed by atoms with Crippen LogP contribution in [-0.2, 0) is 19.1 Å². The van der Waals surface area contributed by atoms with Gasteiger partial charge in [0.1, 0.15) is 12.2 Å². The minimum atomic E-state index is -1.15. The first-order chi connectivity index (χ1) is 13.7. The predicted molar refractivity (Wildman–Crippen MR) is 104 cm³/mol. The van der Waals surface area contributed by atoms with Crippen molar-refractivity contribution in [2.45, 2.75) is 26.9 Å². The Morgan fingerprint density at radius 2 is 1.83 bits per heavy atom. The van der Waals surface area contributed by atoms with E-state index in [2.05, 4.69) is 10.3 Å². The highest BCUT2D eigenvalue weighted by molar-refractivity contribution is 6.11. The molecule has 0 fully saturated rings. The van der Waals surface area contributed by atoms with Gasteiger partial charge in [0.25, 0.3) is 5.91 Å². The van der Waals surface area contributed by atoms with Gasteiger partial charge in [0, 0.05) is 5.69 Å². The van der Waals surface area contributed by atoms with Gasteiger partial charge in [0.05, 0.1) is 24.0 Å². The molecule has 0 saturated heterocycles. The molecule has 152 valence electrons.